The van der Waals surface area contributed by atoms with Gasteiger partial charge in [0.15, 0.2) is 0 Å². The summed E-state index contributed by atoms with van der Waals surface area (Å²) >= 11 is 0. The lowest BCUT2D eigenvalue weighted by Gasteiger charge is -2.28. The molecule has 88 valence electrons. The average Bonchev–Trinajstić information content (AvgIpc) is 2.31. The lowest BCUT2D eigenvalue weighted by Crippen LogP contribution is -2.39. The second-order valence-corrected chi connectivity index (χ2v) is 4.07. The van der Waals surface area contributed by atoms with Crippen LogP contribution in [0.15, 0.2) is 30.3 Å². The zero-order valence-corrected chi connectivity index (χ0v) is 10.4. The lowest BCUT2D eigenvalue weighted by molar-refractivity contribution is -0.132. The Morgan fingerprint density at radius 1 is 1.25 bits per heavy atom. The van der Waals surface area contributed by atoms with Crippen molar-refractivity contribution in [3.63, 3.8) is 0 Å². The molecule has 0 N–H and O–H groups in total. The number of amides is 1. The van der Waals surface area contributed by atoms with Gasteiger partial charge in [0.1, 0.15) is 0 Å². The fraction of sp³-hybridized carbons (Fsp3) is 0.500. The molecule has 0 heterocycles. The SMILES string of the molecule is CCC(=O)N(CC)C(C)Cc1ccccc1. The smallest absolute Gasteiger partial charge is 0.222 e. The lowest BCUT2D eigenvalue weighted by atomic mass is 10.1. The molecule has 2 heteroatoms. The summed E-state index contributed by atoms with van der Waals surface area (Å²) in [5.74, 6) is 0.242. The highest BCUT2D eigenvalue weighted by Gasteiger charge is 2.16. The molecule has 1 unspecified atom stereocenters. The van der Waals surface area contributed by atoms with Crippen molar-refractivity contribution < 1.29 is 4.79 Å². The molecule has 0 spiro atoms. The summed E-state index contributed by atoms with van der Waals surface area (Å²) in [5, 5.41) is 0. The van der Waals surface area contributed by atoms with Crippen LogP contribution in [0.4, 0.5) is 0 Å². The van der Waals surface area contributed by atoms with Crippen molar-refractivity contribution in [1.29, 1.82) is 0 Å². The molecular weight excluding hydrogens is 198 g/mol. The van der Waals surface area contributed by atoms with Gasteiger partial charge >= 0.3 is 0 Å². The Kier molecular flexibility index (Phi) is 5.03. The number of rotatable bonds is 5. The van der Waals surface area contributed by atoms with Gasteiger partial charge in [0, 0.05) is 19.0 Å². The van der Waals surface area contributed by atoms with E-state index in [2.05, 4.69) is 19.1 Å². The van der Waals surface area contributed by atoms with E-state index in [4.69, 9.17) is 0 Å². The van der Waals surface area contributed by atoms with Crippen molar-refractivity contribution in [2.75, 3.05) is 6.54 Å². The minimum atomic E-state index is 0.242. The molecule has 0 saturated carbocycles. The van der Waals surface area contributed by atoms with Gasteiger partial charge in [0.2, 0.25) is 5.91 Å². The molecule has 0 radical (unpaired) electrons. The third-order valence-electron chi connectivity index (χ3n) is 2.87. The van der Waals surface area contributed by atoms with Gasteiger partial charge in [0.05, 0.1) is 0 Å². The number of carbonyl (C=O) groups is 1. The van der Waals surface area contributed by atoms with Gasteiger partial charge in [-0.3, -0.25) is 4.79 Å². The van der Waals surface area contributed by atoms with Crippen molar-refractivity contribution in [3.05, 3.63) is 35.9 Å². The van der Waals surface area contributed by atoms with Crippen molar-refractivity contribution in [2.45, 2.75) is 39.7 Å². The zero-order valence-electron chi connectivity index (χ0n) is 10.4. The quantitative estimate of drug-likeness (QED) is 0.745. The highest BCUT2D eigenvalue weighted by Crippen LogP contribution is 2.09. The van der Waals surface area contributed by atoms with Crippen LogP contribution >= 0.6 is 0 Å². The average molecular weight is 219 g/mol. The Morgan fingerprint density at radius 2 is 1.88 bits per heavy atom. The van der Waals surface area contributed by atoms with E-state index in [1.807, 2.05) is 36.9 Å². The van der Waals surface area contributed by atoms with Crippen molar-refractivity contribution >= 4 is 5.91 Å². The van der Waals surface area contributed by atoms with Crippen LogP contribution in [0.5, 0.6) is 0 Å². The molecule has 1 rings (SSSR count). The Labute approximate surface area is 98.3 Å². The van der Waals surface area contributed by atoms with E-state index in [-0.39, 0.29) is 11.9 Å². The largest absolute Gasteiger partial charge is 0.340 e. The molecule has 1 atom stereocenters. The van der Waals surface area contributed by atoms with Crippen LogP contribution in [0.3, 0.4) is 0 Å². The molecule has 1 aromatic carbocycles. The van der Waals surface area contributed by atoms with Gasteiger partial charge in [-0.2, -0.15) is 0 Å². The summed E-state index contributed by atoms with van der Waals surface area (Å²) in [6.07, 6.45) is 1.52. The van der Waals surface area contributed by atoms with Gasteiger partial charge in [-0.05, 0) is 25.8 Å². The predicted octanol–water partition coefficient (Wildman–Crippen LogP) is 2.88. The van der Waals surface area contributed by atoms with E-state index in [0.29, 0.717) is 6.42 Å². The Bertz CT molecular complexity index is 321. The van der Waals surface area contributed by atoms with Gasteiger partial charge in [-0.15, -0.1) is 0 Å². The first-order chi connectivity index (χ1) is 7.69. The number of likely N-dealkylation sites (N-methyl/N-ethyl adjacent to an activating group) is 1. The third-order valence-corrected chi connectivity index (χ3v) is 2.87. The van der Waals surface area contributed by atoms with Crippen molar-refractivity contribution in [3.8, 4) is 0 Å². The normalized spacial score (nSPS) is 12.2. The molecule has 16 heavy (non-hydrogen) atoms. The van der Waals surface area contributed by atoms with Gasteiger partial charge in [0.25, 0.3) is 0 Å². The second-order valence-electron chi connectivity index (χ2n) is 4.07. The Balaban J connectivity index is 2.63. The van der Waals surface area contributed by atoms with Gasteiger partial charge in [-0.1, -0.05) is 37.3 Å². The summed E-state index contributed by atoms with van der Waals surface area (Å²) in [4.78, 5) is 13.7. The van der Waals surface area contributed by atoms with E-state index < -0.39 is 0 Å². The molecule has 0 bridgehead atoms. The fourth-order valence-corrected chi connectivity index (χ4v) is 2.00. The highest BCUT2D eigenvalue weighted by molar-refractivity contribution is 5.76. The molecule has 2 nitrogen and oxygen atoms in total. The van der Waals surface area contributed by atoms with Crippen LogP contribution in [-0.4, -0.2) is 23.4 Å². The first-order valence-corrected chi connectivity index (χ1v) is 6.02. The first-order valence-electron chi connectivity index (χ1n) is 6.02. The maximum atomic E-state index is 11.7. The van der Waals surface area contributed by atoms with Gasteiger partial charge in [-0.25, -0.2) is 0 Å². The topological polar surface area (TPSA) is 20.3 Å². The monoisotopic (exact) mass is 219 g/mol. The van der Waals surface area contributed by atoms with E-state index in [1.165, 1.54) is 5.56 Å². The van der Waals surface area contributed by atoms with E-state index >= 15 is 0 Å². The number of benzene rings is 1. The summed E-state index contributed by atoms with van der Waals surface area (Å²) in [6.45, 7) is 6.86. The van der Waals surface area contributed by atoms with E-state index in [9.17, 15) is 4.79 Å². The molecule has 1 amide bonds. The van der Waals surface area contributed by atoms with Crippen LogP contribution in [0.2, 0.25) is 0 Å². The maximum Gasteiger partial charge on any atom is 0.222 e. The third kappa shape index (κ3) is 3.37. The summed E-state index contributed by atoms with van der Waals surface area (Å²) in [7, 11) is 0. The molecule has 0 saturated heterocycles. The summed E-state index contributed by atoms with van der Waals surface area (Å²) < 4.78 is 0. The van der Waals surface area contributed by atoms with E-state index in [0.717, 1.165) is 13.0 Å². The van der Waals surface area contributed by atoms with Crippen LogP contribution in [0, 0.1) is 0 Å². The standard InChI is InChI=1S/C14H21NO/c1-4-14(16)15(5-2)12(3)11-13-9-7-6-8-10-13/h6-10,12H,4-5,11H2,1-3H3. The van der Waals surface area contributed by atoms with Gasteiger partial charge < -0.3 is 4.90 Å². The maximum absolute atomic E-state index is 11.7. The van der Waals surface area contributed by atoms with Crippen LogP contribution in [0.1, 0.15) is 32.8 Å². The second kappa shape index (κ2) is 6.31. The predicted molar refractivity (Wildman–Crippen MR) is 67.3 cm³/mol. The number of hydrogen-bond donors (Lipinski definition) is 0. The van der Waals surface area contributed by atoms with Crippen molar-refractivity contribution in [2.24, 2.45) is 0 Å². The first kappa shape index (κ1) is 12.8. The van der Waals surface area contributed by atoms with Crippen LogP contribution < -0.4 is 0 Å². The number of nitrogens with zero attached hydrogens (tertiary/aromatic N) is 1. The van der Waals surface area contributed by atoms with E-state index in [1.54, 1.807) is 0 Å². The molecule has 0 aliphatic carbocycles. The molecular formula is C14H21NO. The van der Waals surface area contributed by atoms with Crippen LogP contribution in [0.25, 0.3) is 0 Å². The summed E-state index contributed by atoms with van der Waals surface area (Å²) in [6, 6.07) is 10.6. The zero-order chi connectivity index (χ0) is 12.0. The minimum absolute atomic E-state index is 0.242. The fourth-order valence-electron chi connectivity index (χ4n) is 2.00. The summed E-state index contributed by atoms with van der Waals surface area (Å²) in [5.41, 5.74) is 1.29. The highest BCUT2D eigenvalue weighted by atomic mass is 16.2. The molecule has 0 aromatic heterocycles. The Hall–Kier alpha value is -1.31. The molecule has 0 fully saturated rings. The number of carbonyl (C=O) groups excluding carboxylic acids is 1. The molecule has 1 aromatic rings. The molecule has 0 aliphatic heterocycles. The Morgan fingerprint density at radius 3 is 2.38 bits per heavy atom. The van der Waals surface area contributed by atoms with Crippen LogP contribution in [-0.2, 0) is 11.2 Å². The molecule has 0 aliphatic rings. The minimum Gasteiger partial charge on any atom is -0.340 e. The number of hydrogen-bond acceptors (Lipinski definition) is 1. The van der Waals surface area contributed by atoms with Crippen molar-refractivity contribution in [1.82, 2.24) is 4.90 Å².